The van der Waals surface area contributed by atoms with Gasteiger partial charge in [0.1, 0.15) is 0 Å². The van der Waals surface area contributed by atoms with Crippen LogP contribution in [0.1, 0.15) is 12.8 Å². The second-order valence-corrected chi connectivity index (χ2v) is 2.87. The summed E-state index contributed by atoms with van der Waals surface area (Å²) in [4.78, 5) is 4.28. The number of aliphatic imine (C=N–C) groups is 1. The van der Waals surface area contributed by atoms with Gasteiger partial charge in [-0.3, -0.25) is 4.99 Å². The van der Waals surface area contributed by atoms with E-state index in [1.165, 1.54) is 12.8 Å². The van der Waals surface area contributed by atoms with Crippen molar-refractivity contribution in [2.75, 3.05) is 13.1 Å². The van der Waals surface area contributed by atoms with Gasteiger partial charge >= 0.3 is 0 Å². The highest BCUT2D eigenvalue weighted by Gasteiger charge is 2.22. The molecule has 2 unspecified atom stereocenters. The maximum absolute atomic E-state index is 4.47. The molecule has 3 heterocycles. The van der Waals surface area contributed by atoms with E-state index in [-0.39, 0.29) is 0 Å². The van der Waals surface area contributed by atoms with Gasteiger partial charge in [-0.25, -0.2) is 5.32 Å². The van der Waals surface area contributed by atoms with Crippen LogP contribution in [-0.4, -0.2) is 25.3 Å². The second-order valence-electron chi connectivity index (χ2n) is 2.87. The van der Waals surface area contributed by atoms with Crippen molar-refractivity contribution in [1.82, 2.24) is 5.32 Å². The molecule has 0 spiro atoms. The number of rotatable bonds is 0. The summed E-state index contributed by atoms with van der Waals surface area (Å²) < 4.78 is 0. The van der Waals surface area contributed by atoms with Gasteiger partial charge in [0.2, 0.25) is 0 Å². The van der Waals surface area contributed by atoms with Crippen LogP contribution in [0.2, 0.25) is 0 Å². The van der Waals surface area contributed by atoms with Gasteiger partial charge in [0.25, 0.3) is 0 Å². The zero-order chi connectivity index (χ0) is 6.10. The summed E-state index contributed by atoms with van der Waals surface area (Å²) >= 11 is 0. The molecule has 0 N–H and O–H groups in total. The molecule has 9 heavy (non-hydrogen) atoms. The third kappa shape index (κ3) is 0.990. The summed E-state index contributed by atoms with van der Waals surface area (Å²) in [5.74, 6) is 0.684. The van der Waals surface area contributed by atoms with E-state index in [2.05, 4.69) is 16.5 Å². The predicted octanol–water partition coefficient (Wildman–Crippen LogP) is 0.454. The van der Waals surface area contributed by atoms with Gasteiger partial charge in [-0.2, -0.15) is 0 Å². The van der Waals surface area contributed by atoms with E-state index in [0.29, 0.717) is 12.0 Å². The molecule has 2 heteroatoms. The first-order valence-electron chi connectivity index (χ1n) is 3.62. The molecule has 0 aromatic rings. The number of hydrogen-bond donors (Lipinski definition) is 0. The molecular weight excluding hydrogens is 112 g/mol. The summed E-state index contributed by atoms with van der Waals surface area (Å²) in [5.41, 5.74) is 0. The molecule has 3 rings (SSSR count). The fraction of sp³-hybridized carbons (Fsp3) is 0.857. The van der Waals surface area contributed by atoms with Gasteiger partial charge < -0.3 is 0 Å². The van der Waals surface area contributed by atoms with E-state index in [1.54, 1.807) is 0 Å². The highest BCUT2D eigenvalue weighted by molar-refractivity contribution is 5.61. The molecule has 0 aliphatic carbocycles. The summed E-state index contributed by atoms with van der Waals surface area (Å²) in [7, 11) is 0. The lowest BCUT2D eigenvalue weighted by Crippen LogP contribution is -2.32. The van der Waals surface area contributed by atoms with Gasteiger partial charge in [-0.1, -0.05) is 0 Å². The summed E-state index contributed by atoms with van der Waals surface area (Å²) in [6.45, 7) is 1.99. The number of hydrogen-bond acceptors (Lipinski definition) is 1. The monoisotopic (exact) mass is 123 g/mol. The van der Waals surface area contributed by atoms with Crippen molar-refractivity contribution in [1.29, 1.82) is 0 Å². The van der Waals surface area contributed by atoms with Crippen molar-refractivity contribution in [3.8, 4) is 0 Å². The molecule has 2 atom stereocenters. The molecule has 2 bridgehead atoms. The smallest absolute Gasteiger partial charge is 0.0555 e. The van der Waals surface area contributed by atoms with Crippen LogP contribution in [0.3, 0.4) is 0 Å². The van der Waals surface area contributed by atoms with Crippen molar-refractivity contribution in [2.24, 2.45) is 10.9 Å². The number of nitrogens with zero attached hydrogens (tertiary/aromatic N) is 2. The van der Waals surface area contributed by atoms with Gasteiger partial charge in [-0.15, -0.1) is 0 Å². The van der Waals surface area contributed by atoms with E-state index in [0.717, 1.165) is 13.1 Å². The van der Waals surface area contributed by atoms with E-state index in [9.17, 15) is 0 Å². The lowest BCUT2D eigenvalue weighted by Gasteiger charge is -2.20. The first-order chi connectivity index (χ1) is 4.45. The van der Waals surface area contributed by atoms with Crippen molar-refractivity contribution >= 4 is 6.21 Å². The Kier molecular flexibility index (Phi) is 1.27. The van der Waals surface area contributed by atoms with Crippen LogP contribution in [0.4, 0.5) is 0 Å². The van der Waals surface area contributed by atoms with E-state index in [1.807, 2.05) is 0 Å². The quantitative estimate of drug-likeness (QED) is 0.447. The average molecular weight is 123 g/mol. The zero-order valence-corrected chi connectivity index (χ0v) is 5.45. The molecule has 0 saturated carbocycles. The number of fused-ring (bicyclic) bond motifs is 3. The molecule has 1 fully saturated rings. The highest BCUT2D eigenvalue weighted by atomic mass is 15.0. The molecular formula is C7H11N2. The first kappa shape index (κ1) is 5.42. The second kappa shape index (κ2) is 2.10. The Balaban J connectivity index is 2.13. The fourth-order valence-corrected chi connectivity index (χ4v) is 1.48. The van der Waals surface area contributed by atoms with Crippen molar-refractivity contribution in [3.05, 3.63) is 0 Å². The molecule has 0 aromatic heterocycles. The van der Waals surface area contributed by atoms with Crippen LogP contribution in [-0.2, 0) is 0 Å². The molecule has 3 aliphatic rings. The van der Waals surface area contributed by atoms with Gasteiger partial charge in [0.05, 0.1) is 6.54 Å². The molecule has 49 valence electrons. The fourth-order valence-electron chi connectivity index (χ4n) is 1.48. The van der Waals surface area contributed by atoms with E-state index < -0.39 is 0 Å². The highest BCUT2D eigenvalue weighted by Crippen LogP contribution is 2.17. The average Bonchev–Trinajstić information content (AvgIpc) is 2.21. The van der Waals surface area contributed by atoms with Crippen LogP contribution >= 0.6 is 0 Å². The van der Waals surface area contributed by atoms with E-state index >= 15 is 0 Å². The normalized spacial score (nSPS) is 40.9. The molecule has 1 saturated heterocycles. The standard InChI is InChI=1S/C7H11N2/c1-2-7-5-8-3-6(1)4-9-7/h3,6-7H,1-2,4-5H2. The minimum atomic E-state index is 0.569. The van der Waals surface area contributed by atoms with Crippen molar-refractivity contribution in [2.45, 2.75) is 18.9 Å². The van der Waals surface area contributed by atoms with Crippen molar-refractivity contribution < 1.29 is 0 Å². The van der Waals surface area contributed by atoms with Gasteiger partial charge in [0, 0.05) is 24.7 Å². The lowest BCUT2D eigenvalue weighted by atomic mass is 9.98. The first-order valence-corrected chi connectivity index (χ1v) is 3.62. The summed E-state index contributed by atoms with van der Waals surface area (Å²) in [5, 5.41) is 4.47. The Morgan fingerprint density at radius 3 is 3.00 bits per heavy atom. The summed E-state index contributed by atoms with van der Waals surface area (Å²) in [6, 6.07) is 0.569. The minimum Gasteiger partial charge on any atom is -0.295 e. The Morgan fingerprint density at radius 2 is 2.22 bits per heavy atom. The molecule has 2 nitrogen and oxygen atoms in total. The minimum absolute atomic E-state index is 0.569. The van der Waals surface area contributed by atoms with E-state index in [4.69, 9.17) is 0 Å². The molecule has 0 aromatic carbocycles. The predicted molar refractivity (Wildman–Crippen MR) is 36.9 cm³/mol. The Hall–Kier alpha value is -0.370. The Morgan fingerprint density at radius 1 is 1.22 bits per heavy atom. The number of piperidine rings is 1. The van der Waals surface area contributed by atoms with Crippen molar-refractivity contribution in [3.63, 3.8) is 0 Å². The maximum Gasteiger partial charge on any atom is 0.0555 e. The third-order valence-electron chi connectivity index (χ3n) is 2.10. The Bertz CT molecular complexity index is 123. The van der Waals surface area contributed by atoms with Gasteiger partial charge in [-0.05, 0) is 12.8 Å². The lowest BCUT2D eigenvalue weighted by molar-refractivity contribution is 0.378. The maximum atomic E-state index is 4.47. The molecule has 3 aliphatic heterocycles. The zero-order valence-electron chi connectivity index (χ0n) is 5.45. The van der Waals surface area contributed by atoms with Crippen LogP contribution in [0.25, 0.3) is 0 Å². The topological polar surface area (TPSA) is 26.5 Å². The van der Waals surface area contributed by atoms with Crippen LogP contribution in [0.15, 0.2) is 4.99 Å². The molecule has 1 radical (unpaired) electrons. The largest absolute Gasteiger partial charge is 0.295 e. The van der Waals surface area contributed by atoms with Crippen LogP contribution in [0, 0.1) is 5.92 Å². The Labute approximate surface area is 55.4 Å². The van der Waals surface area contributed by atoms with Gasteiger partial charge in [0.15, 0.2) is 0 Å². The molecule has 0 amide bonds. The van der Waals surface area contributed by atoms with Crippen LogP contribution < -0.4 is 5.32 Å². The third-order valence-corrected chi connectivity index (χ3v) is 2.10. The van der Waals surface area contributed by atoms with Crippen LogP contribution in [0.5, 0.6) is 0 Å². The SMILES string of the molecule is C1=NCC2CCC1C[N]2. The summed E-state index contributed by atoms with van der Waals surface area (Å²) in [6.07, 6.45) is 4.68.